The second kappa shape index (κ2) is 6.07. The van der Waals surface area contributed by atoms with Gasteiger partial charge in [0.05, 0.1) is 0 Å². The molecule has 2 rings (SSSR count). The van der Waals surface area contributed by atoms with E-state index in [1.54, 1.807) is 24.5 Å². The van der Waals surface area contributed by atoms with Crippen LogP contribution in [0.1, 0.15) is 28.9 Å². The lowest BCUT2D eigenvalue weighted by atomic mass is 10.0. The molecule has 0 fully saturated rings. The highest BCUT2D eigenvalue weighted by atomic mass is 16.5. The average molecular weight is 241 g/mol. The van der Waals surface area contributed by atoms with Crippen molar-refractivity contribution in [2.75, 3.05) is 6.61 Å². The summed E-state index contributed by atoms with van der Waals surface area (Å²) >= 11 is 0. The van der Waals surface area contributed by atoms with Gasteiger partial charge in [0.1, 0.15) is 6.10 Å². The minimum absolute atomic E-state index is 0.0591. The number of benzene rings is 1. The first-order chi connectivity index (χ1) is 8.83. The number of hydrogen-bond acceptors (Lipinski definition) is 3. The van der Waals surface area contributed by atoms with Crippen LogP contribution < -0.4 is 0 Å². The van der Waals surface area contributed by atoms with Gasteiger partial charge in [0.15, 0.2) is 5.78 Å². The monoisotopic (exact) mass is 241 g/mol. The lowest BCUT2D eigenvalue weighted by Crippen LogP contribution is -2.16. The molecule has 0 amide bonds. The van der Waals surface area contributed by atoms with Gasteiger partial charge in [0.25, 0.3) is 0 Å². The van der Waals surface area contributed by atoms with Crippen molar-refractivity contribution in [3.8, 4) is 0 Å². The number of Topliss-reactive ketones (excluding diaryl/α,β-unsaturated/α-hetero) is 1. The number of carbonyl (C=O) groups is 1. The fourth-order valence-corrected chi connectivity index (χ4v) is 1.78. The van der Waals surface area contributed by atoms with Crippen molar-refractivity contribution in [2.24, 2.45) is 0 Å². The molecule has 0 aliphatic heterocycles. The molecule has 1 atom stereocenters. The maximum atomic E-state index is 12.4. The Balaban J connectivity index is 2.29. The van der Waals surface area contributed by atoms with Gasteiger partial charge in [0.2, 0.25) is 0 Å². The quantitative estimate of drug-likeness (QED) is 0.755. The molecular weight excluding hydrogens is 226 g/mol. The van der Waals surface area contributed by atoms with Crippen LogP contribution in [0.2, 0.25) is 0 Å². The highest BCUT2D eigenvalue weighted by Crippen LogP contribution is 2.21. The summed E-state index contributed by atoms with van der Waals surface area (Å²) in [6.45, 7) is 2.37. The third-order valence-corrected chi connectivity index (χ3v) is 2.62. The third-order valence-electron chi connectivity index (χ3n) is 2.62. The average Bonchev–Trinajstić information content (AvgIpc) is 2.46. The van der Waals surface area contributed by atoms with E-state index in [0.29, 0.717) is 12.2 Å². The van der Waals surface area contributed by atoms with E-state index in [0.717, 1.165) is 5.56 Å². The molecule has 0 radical (unpaired) electrons. The molecule has 1 aromatic carbocycles. The van der Waals surface area contributed by atoms with Gasteiger partial charge < -0.3 is 4.74 Å². The summed E-state index contributed by atoms with van der Waals surface area (Å²) in [5.74, 6) is -0.0591. The van der Waals surface area contributed by atoms with E-state index in [-0.39, 0.29) is 5.78 Å². The number of hydrogen-bond donors (Lipinski definition) is 0. The Hall–Kier alpha value is -2.00. The van der Waals surface area contributed by atoms with Crippen molar-refractivity contribution in [1.82, 2.24) is 4.98 Å². The molecule has 0 saturated carbocycles. The number of nitrogens with zero attached hydrogens (tertiary/aromatic N) is 1. The topological polar surface area (TPSA) is 39.2 Å². The minimum Gasteiger partial charge on any atom is -0.366 e. The van der Waals surface area contributed by atoms with E-state index >= 15 is 0 Å². The molecule has 1 heterocycles. The predicted molar refractivity (Wildman–Crippen MR) is 69.4 cm³/mol. The van der Waals surface area contributed by atoms with Crippen LogP contribution in [0.15, 0.2) is 54.9 Å². The zero-order chi connectivity index (χ0) is 12.8. The van der Waals surface area contributed by atoms with Crippen molar-refractivity contribution in [2.45, 2.75) is 13.0 Å². The molecule has 0 aliphatic carbocycles. The van der Waals surface area contributed by atoms with E-state index in [1.807, 2.05) is 37.3 Å². The Bertz CT molecular complexity index is 496. The molecule has 1 aromatic heterocycles. The maximum Gasteiger partial charge on any atom is 0.197 e. The molecule has 18 heavy (non-hydrogen) atoms. The van der Waals surface area contributed by atoms with Gasteiger partial charge in [-0.25, -0.2) is 0 Å². The van der Waals surface area contributed by atoms with Crippen molar-refractivity contribution >= 4 is 5.78 Å². The van der Waals surface area contributed by atoms with E-state index in [1.165, 1.54) is 0 Å². The van der Waals surface area contributed by atoms with E-state index in [4.69, 9.17) is 4.74 Å². The molecule has 0 spiro atoms. The van der Waals surface area contributed by atoms with Gasteiger partial charge in [-0.15, -0.1) is 0 Å². The van der Waals surface area contributed by atoms with Crippen LogP contribution in [0.4, 0.5) is 0 Å². The van der Waals surface area contributed by atoms with Gasteiger partial charge in [-0.05, 0) is 24.6 Å². The van der Waals surface area contributed by atoms with Gasteiger partial charge >= 0.3 is 0 Å². The lowest BCUT2D eigenvalue weighted by Gasteiger charge is -2.16. The van der Waals surface area contributed by atoms with Gasteiger partial charge in [-0.2, -0.15) is 0 Å². The van der Waals surface area contributed by atoms with E-state index in [9.17, 15) is 4.79 Å². The first kappa shape index (κ1) is 12.5. The smallest absolute Gasteiger partial charge is 0.197 e. The zero-order valence-electron chi connectivity index (χ0n) is 10.2. The van der Waals surface area contributed by atoms with Crippen LogP contribution in [0.3, 0.4) is 0 Å². The molecule has 0 saturated heterocycles. The Morgan fingerprint density at radius 3 is 2.61 bits per heavy atom. The van der Waals surface area contributed by atoms with Crippen LogP contribution in [0.5, 0.6) is 0 Å². The SMILES string of the molecule is CCOC(C(=O)c1cccnc1)c1ccccc1. The molecule has 92 valence electrons. The molecular formula is C15H15NO2. The highest BCUT2D eigenvalue weighted by molar-refractivity contribution is 5.99. The number of ether oxygens (including phenoxy) is 1. The van der Waals surface area contributed by atoms with Crippen LogP contribution in [-0.4, -0.2) is 17.4 Å². The van der Waals surface area contributed by atoms with Crippen LogP contribution >= 0.6 is 0 Å². The predicted octanol–water partition coefficient (Wildman–Crippen LogP) is 3.04. The molecule has 0 N–H and O–H groups in total. The van der Waals surface area contributed by atoms with Gasteiger partial charge in [-0.1, -0.05) is 30.3 Å². The van der Waals surface area contributed by atoms with Crippen molar-refractivity contribution < 1.29 is 9.53 Å². The second-order valence-corrected chi connectivity index (χ2v) is 3.85. The Kier molecular flexibility index (Phi) is 4.20. The van der Waals surface area contributed by atoms with Crippen LogP contribution in [0, 0.1) is 0 Å². The molecule has 3 heteroatoms. The number of aromatic nitrogens is 1. The largest absolute Gasteiger partial charge is 0.366 e. The van der Waals surface area contributed by atoms with E-state index in [2.05, 4.69) is 4.98 Å². The van der Waals surface area contributed by atoms with Gasteiger partial charge in [-0.3, -0.25) is 9.78 Å². The summed E-state index contributed by atoms with van der Waals surface area (Å²) in [4.78, 5) is 16.3. The maximum absolute atomic E-state index is 12.4. The number of ketones is 1. The lowest BCUT2D eigenvalue weighted by molar-refractivity contribution is 0.0452. The number of pyridine rings is 1. The van der Waals surface area contributed by atoms with Crippen molar-refractivity contribution in [3.63, 3.8) is 0 Å². The molecule has 0 bridgehead atoms. The van der Waals surface area contributed by atoms with E-state index < -0.39 is 6.10 Å². The molecule has 0 aliphatic rings. The third kappa shape index (κ3) is 2.81. The Morgan fingerprint density at radius 2 is 2.00 bits per heavy atom. The summed E-state index contributed by atoms with van der Waals surface area (Å²) in [6, 6.07) is 13.0. The minimum atomic E-state index is -0.555. The first-order valence-electron chi connectivity index (χ1n) is 5.93. The molecule has 1 unspecified atom stereocenters. The fourth-order valence-electron chi connectivity index (χ4n) is 1.78. The Labute approximate surface area is 106 Å². The number of rotatable bonds is 5. The Morgan fingerprint density at radius 1 is 1.22 bits per heavy atom. The van der Waals surface area contributed by atoms with Crippen LogP contribution in [-0.2, 0) is 4.74 Å². The number of carbonyl (C=O) groups excluding carboxylic acids is 1. The summed E-state index contributed by atoms with van der Waals surface area (Å²) in [6.07, 6.45) is 2.66. The normalized spacial score (nSPS) is 12.1. The van der Waals surface area contributed by atoms with Gasteiger partial charge in [0, 0.05) is 24.6 Å². The summed E-state index contributed by atoms with van der Waals surface area (Å²) in [7, 11) is 0. The fraction of sp³-hybridized carbons (Fsp3) is 0.200. The summed E-state index contributed by atoms with van der Waals surface area (Å²) in [5, 5.41) is 0. The van der Waals surface area contributed by atoms with Crippen LogP contribution in [0.25, 0.3) is 0 Å². The van der Waals surface area contributed by atoms with Crippen molar-refractivity contribution in [3.05, 3.63) is 66.0 Å². The molecule has 2 aromatic rings. The standard InChI is InChI=1S/C15H15NO2/c1-2-18-15(12-7-4-3-5-8-12)14(17)13-9-6-10-16-11-13/h3-11,15H,2H2,1H3. The zero-order valence-corrected chi connectivity index (χ0v) is 10.2. The van der Waals surface area contributed by atoms with Crippen molar-refractivity contribution in [1.29, 1.82) is 0 Å². The molecule has 3 nitrogen and oxygen atoms in total. The summed E-state index contributed by atoms with van der Waals surface area (Å²) in [5.41, 5.74) is 1.44. The first-order valence-corrected chi connectivity index (χ1v) is 5.93. The second-order valence-electron chi connectivity index (χ2n) is 3.85. The summed E-state index contributed by atoms with van der Waals surface area (Å²) < 4.78 is 5.57. The highest BCUT2D eigenvalue weighted by Gasteiger charge is 2.22.